The lowest BCUT2D eigenvalue weighted by molar-refractivity contribution is 0.412. The van der Waals surface area contributed by atoms with Crippen molar-refractivity contribution in [3.05, 3.63) is 29.3 Å². The van der Waals surface area contributed by atoms with Crippen molar-refractivity contribution in [3.8, 4) is 5.75 Å². The molecule has 0 spiro atoms. The molecule has 4 heteroatoms. The Kier molecular flexibility index (Phi) is 5.13. The molecule has 2 unspecified atom stereocenters. The second kappa shape index (κ2) is 6.64. The SMILES string of the molecule is COc1ccc2c(c1)C(N)C(SCCN(C)C)CC2. The Bertz CT molecular complexity index is 423. The van der Waals surface area contributed by atoms with E-state index in [2.05, 4.69) is 31.1 Å². The quantitative estimate of drug-likeness (QED) is 0.898. The van der Waals surface area contributed by atoms with Crippen LogP contribution >= 0.6 is 11.8 Å². The first-order chi connectivity index (χ1) is 9.11. The van der Waals surface area contributed by atoms with Crippen molar-refractivity contribution in [1.82, 2.24) is 4.90 Å². The van der Waals surface area contributed by atoms with Crippen LogP contribution in [0.3, 0.4) is 0 Å². The van der Waals surface area contributed by atoms with Crippen LogP contribution in [0.25, 0.3) is 0 Å². The zero-order chi connectivity index (χ0) is 13.8. The molecule has 3 nitrogen and oxygen atoms in total. The van der Waals surface area contributed by atoms with E-state index in [9.17, 15) is 0 Å². The van der Waals surface area contributed by atoms with E-state index in [1.54, 1.807) is 7.11 Å². The summed E-state index contributed by atoms with van der Waals surface area (Å²) < 4.78 is 5.31. The number of rotatable bonds is 5. The highest BCUT2D eigenvalue weighted by molar-refractivity contribution is 7.99. The van der Waals surface area contributed by atoms with Crippen molar-refractivity contribution in [2.45, 2.75) is 24.1 Å². The van der Waals surface area contributed by atoms with Crippen molar-refractivity contribution in [3.63, 3.8) is 0 Å². The van der Waals surface area contributed by atoms with Crippen molar-refractivity contribution in [1.29, 1.82) is 0 Å². The first kappa shape index (κ1) is 14.7. The van der Waals surface area contributed by atoms with Gasteiger partial charge in [-0.2, -0.15) is 11.8 Å². The van der Waals surface area contributed by atoms with E-state index in [0.29, 0.717) is 5.25 Å². The van der Waals surface area contributed by atoms with Gasteiger partial charge in [-0.05, 0) is 50.2 Å². The minimum absolute atomic E-state index is 0.131. The van der Waals surface area contributed by atoms with Gasteiger partial charge in [-0.3, -0.25) is 0 Å². The van der Waals surface area contributed by atoms with E-state index in [4.69, 9.17) is 10.5 Å². The summed E-state index contributed by atoms with van der Waals surface area (Å²) in [6, 6.07) is 6.43. The van der Waals surface area contributed by atoms with E-state index in [0.717, 1.165) is 24.5 Å². The lowest BCUT2D eigenvalue weighted by Crippen LogP contribution is -2.30. The number of hydrogen-bond acceptors (Lipinski definition) is 4. The van der Waals surface area contributed by atoms with Crippen molar-refractivity contribution < 1.29 is 4.74 Å². The summed E-state index contributed by atoms with van der Waals surface area (Å²) in [6.45, 7) is 1.11. The van der Waals surface area contributed by atoms with Gasteiger partial charge in [0, 0.05) is 23.6 Å². The van der Waals surface area contributed by atoms with Crippen LogP contribution in [0.15, 0.2) is 18.2 Å². The van der Waals surface area contributed by atoms with Gasteiger partial charge in [0.1, 0.15) is 5.75 Å². The van der Waals surface area contributed by atoms with Gasteiger partial charge < -0.3 is 15.4 Å². The molecule has 19 heavy (non-hydrogen) atoms. The Hall–Kier alpha value is -0.710. The molecule has 2 rings (SSSR count). The van der Waals surface area contributed by atoms with Gasteiger partial charge in [-0.15, -0.1) is 0 Å². The summed E-state index contributed by atoms with van der Waals surface area (Å²) in [7, 11) is 5.93. The Morgan fingerprint density at radius 3 is 2.89 bits per heavy atom. The summed E-state index contributed by atoms with van der Waals surface area (Å²) in [5.74, 6) is 2.05. The van der Waals surface area contributed by atoms with E-state index in [1.165, 1.54) is 17.5 Å². The smallest absolute Gasteiger partial charge is 0.119 e. The van der Waals surface area contributed by atoms with E-state index in [1.807, 2.05) is 17.8 Å². The van der Waals surface area contributed by atoms with E-state index in [-0.39, 0.29) is 6.04 Å². The first-order valence-electron chi connectivity index (χ1n) is 6.80. The molecule has 1 aliphatic rings. The van der Waals surface area contributed by atoms with Gasteiger partial charge in [0.15, 0.2) is 0 Å². The van der Waals surface area contributed by atoms with Crippen LogP contribution in [0, 0.1) is 0 Å². The molecule has 0 fully saturated rings. The predicted octanol–water partition coefficient (Wildman–Crippen LogP) is 2.30. The van der Waals surface area contributed by atoms with Gasteiger partial charge in [0.25, 0.3) is 0 Å². The maximum absolute atomic E-state index is 6.44. The van der Waals surface area contributed by atoms with Crippen LogP contribution in [0.4, 0.5) is 0 Å². The van der Waals surface area contributed by atoms with Gasteiger partial charge in [0.2, 0.25) is 0 Å². The summed E-state index contributed by atoms with van der Waals surface area (Å²) in [6.07, 6.45) is 2.31. The average molecular weight is 280 g/mol. The maximum atomic E-state index is 6.44. The van der Waals surface area contributed by atoms with Crippen LogP contribution in [0.2, 0.25) is 0 Å². The Morgan fingerprint density at radius 1 is 1.42 bits per heavy atom. The maximum Gasteiger partial charge on any atom is 0.119 e. The molecular weight excluding hydrogens is 256 g/mol. The monoisotopic (exact) mass is 280 g/mol. The average Bonchev–Trinajstić information content (AvgIpc) is 2.41. The Morgan fingerprint density at radius 2 is 2.21 bits per heavy atom. The number of fused-ring (bicyclic) bond motifs is 1. The molecule has 1 aliphatic carbocycles. The molecule has 0 bridgehead atoms. The number of aryl methyl sites for hydroxylation is 1. The van der Waals surface area contributed by atoms with Gasteiger partial charge in [-0.25, -0.2) is 0 Å². The molecule has 1 aromatic rings. The van der Waals surface area contributed by atoms with Crippen LogP contribution in [0.5, 0.6) is 5.75 Å². The number of nitrogens with two attached hydrogens (primary N) is 1. The number of nitrogens with zero attached hydrogens (tertiary/aromatic N) is 1. The zero-order valence-electron chi connectivity index (χ0n) is 12.1. The minimum atomic E-state index is 0.131. The lowest BCUT2D eigenvalue weighted by Gasteiger charge is -2.31. The normalized spacial score (nSPS) is 22.4. The topological polar surface area (TPSA) is 38.5 Å². The molecule has 2 atom stereocenters. The van der Waals surface area contributed by atoms with E-state index < -0.39 is 0 Å². The highest BCUT2D eigenvalue weighted by Crippen LogP contribution is 2.36. The minimum Gasteiger partial charge on any atom is -0.497 e. The molecule has 0 aliphatic heterocycles. The fraction of sp³-hybridized carbons (Fsp3) is 0.600. The third kappa shape index (κ3) is 3.65. The van der Waals surface area contributed by atoms with Crippen LogP contribution in [-0.2, 0) is 6.42 Å². The van der Waals surface area contributed by atoms with Crippen LogP contribution in [0.1, 0.15) is 23.6 Å². The molecule has 0 amide bonds. The summed E-state index contributed by atoms with van der Waals surface area (Å²) >= 11 is 2.00. The largest absolute Gasteiger partial charge is 0.497 e. The van der Waals surface area contributed by atoms with Gasteiger partial charge in [-0.1, -0.05) is 6.07 Å². The van der Waals surface area contributed by atoms with E-state index >= 15 is 0 Å². The molecule has 2 N–H and O–H groups in total. The van der Waals surface area contributed by atoms with Crippen LogP contribution in [-0.4, -0.2) is 43.7 Å². The zero-order valence-corrected chi connectivity index (χ0v) is 12.9. The standard InChI is InChI=1S/C15H24N2OS/c1-17(2)8-9-19-14-7-5-11-4-6-12(18-3)10-13(11)15(14)16/h4,6,10,14-15H,5,7-9,16H2,1-3H3. The summed E-state index contributed by atoms with van der Waals surface area (Å²) in [5.41, 5.74) is 9.10. The molecule has 0 radical (unpaired) electrons. The molecule has 0 heterocycles. The first-order valence-corrected chi connectivity index (χ1v) is 7.85. The van der Waals surface area contributed by atoms with Gasteiger partial charge >= 0.3 is 0 Å². The highest BCUT2D eigenvalue weighted by atomic mass is 32.2. The van der Waals surface area contributed by atoms with Crippen molar-refractivity contribution in [2.75, 3.05) is 33.5 Å². The second-order valence-corrected chi connectivity index (χ2v) is 6.69. The summed E-state index contributed by atoms with van der Waals surface area (Å²) in [5, 5.41) is 0.527. The summed E-state index contributed by atoms with van der Waals surface area (Å²) in [4.78, 5) is 2.22. The molecular formula is C15H24N2OS. The fourth-order valence-corrected chi connectivity index (χ4v) is 3.90. The molecule has 106 valence electrons. The Balaban J connectivity index is 2.03. The number of benzene rings is 1. The molecule has 1 aromatic carbocycles. The Labute approximate surface area is 120 Å². The molecule has 0 aromatic heterocycles. The number of ether oxygens (including phenoxy) is 1. The predicted molar refractivity (Wildman–Crippen MR) is 83.0 cm³/mol. The highest BCUT2D eigenvalue weighted by Gasteiger charge is 2.27. The number of methoxy groups -OCH3 is 1. The number of hydrogen-bond donors (Lipinski definition) is 1. The molecule has 0 saturated heterocycles. The van der Waals surface area contributed by atoms with Crippen molar-refractivity contribution >= 4 is 11.8 Å². The third-order valence-electron chi connectivity index (χ3n) is 3.68. The van der Waals surface area contributed by atoms with Crippen LogP contribution < -0.4 is 10.5 Å². The third-order valence-corrected chi connectivity index (χ3v) is 5.06. The van der Waals surface area contributed by atoms with Crippen molar-refractivity contribution in [2.24, 2.45) is 5.73 Å². The fourth-order valence-electron chi connectivity index (χ4n) is 2.49. The molecule has 0 saturated carbocycles. The lowest BCUT2D eigenvalue weighted by atomic mass is 9.87. The number of thioether (sulfide) groups is 1. The van der Waals surface area contributed by atoms with Gasteiger partial charge in [0.05, 0.1) is 7.11 Å². The second-order valence-electron chi connectivity index (χ2n) is 5.34.